The fourth-order valence-corrected chi connectivity index (χ4v) is 4.00. The Morgan fingerprint density at radius 3 is 2.61 bits per heavy atom. The minimum Gasteiger partial charge on any atom is -0.360 e. The number of aromatic nitrogens is 1. The molecule has 0 aliphatic carbocycles. The summed E-state index contributed by atoms with van der Waals surface area (Å²) < 4.78 is 30.4. The minimum atomic E-state index is -3.12. The predicted octanol–water partition coefficient (Wildman–Crippen LogP) is 0.669. The highest BCUT2D eigenvalue weighted by Gasteiger charge is 2.26. The zero-order valence-electron chi connectivity index (χ0n) is 13.6. The molecule has 1 N–H and O–H groups in total. The Morgan fingerprint density at radius 2 is 2.04 bits per heavy atom. The van der Waals surface area contributed by atoms with Gasteiger partial charge in [0, 0.05) is 45.2 Å². The first-order valence-corrected chi connectivity index (χ1v) is 9.45. The van der Waals surface area contributed by atoms with Crippen molar-refractivity contribution in [2.75, 3.05) is 43.8 Å². The average molecular weight is 344 g/mol. The molecule has 8 nitrogen and oxygen atoms in total. The average Bonchev–Trinajstić information content (AvgIpc) is 2.90. The maximum atomic E-state index is 12.0. The molecule has 0 bridgehead atoms. The van der Waals surface area contributed by atoms with E-state index in [1.807, 2.05) is 6.92 Å². The van der Waals surface area contributed by atoms with E-state index in [0.29, 0.717) is 57.1 Å². The smallest absolute Gasteiger partial charge is 0.226 e. The van der Waals surface area contributed by atoms with Crippen LogP contribution in [0.5, 0.6) is 0 Å². The van der Waals surface area contributed by atoms with Crippen LogP contribution in [0.3, 0.4) is 0 Å². The summed E-state index contributed by atoms with van der Waals surface area (Å²) in [4.78, 5) is 14.0. The van der Waals surface area contributed by atoms with Gasteiger partial charge < -0.3 is 14.7 Å². The number of amides is 1. The highest BCUT2D eigenvalue weighted by molar-refractivity contribution is 7.89. The van der Waals surface area contributed by atoms with Gasteiger partial charge in [-0.15, -0.1) is 0 Å². The van der Waals surface area contributed by atoms with E-state index in [1.54, 1.807) is 17.3 Å². The van der Waals surface area contributed by atoms with Crippen molar-refractivity contribution in [2.45, 2.75) is 26.7 Å². The van der Waals surface area contributed by atoms with Gasteiger partial charge in [0.05, 0.1) is 5.75 Å². The van der Waals surface area contributed by atoms with Crippen molar-refractivity contribution in [1.29, 1.82) is 0 Å². The number of nitrogens with one attached hydrogen (secondary N) is 1. The third-order valence-electron chi connectivity index (χ3n) is 3.74. The summed E-state index contributed by atoms with van der Waals surface area (Å²) in [5.74, 6) is 1.14. The number of rotatable bonds is 7. The van der Waals surface area contributed by atoms with Crippen LogP contribution in [0.25, 0.3) is 0 Å². The van der Waals surface area contributed by atoms with Crippen LogP contribution in [0.15, 0.2) is 10.6 Å². The van der Waals surface area contributed by atoms with Crippen LogP contribution in [0.1, 0.15) is 25.5 Å². The van der Waals surface area contributed by atoms with Gasteiger partial charge in [-0.25, -0.2) is 8.42 Å². The number of aryl methyl sites for hydroxylation is 1. The van der Waals surface area contributed by atoms with Crippen LogP contribution >= 0.6 is 0 Å². The molecule has 0 atom stereocenters. The van der Waals surface area contributed by atoms with Crippen molar-refractivity contribution in [3.63, 3.8) is 0 Å². The van der Waals surface area contributed by atoms with Crippen molar-refractivity contribution in [3.05, 3.63) is 11.8 Å². The van der Waals surface area contributed by atoms with Crippen molar-refractivity contribution < 1.29 is 17.7 Å². The highest BCUT2D eigenvalue weighted by Crippen LogP contribution is 2.10. The molecule has 0 saturated carbocycles. The lowest BCUT2D eigenvalue weighted by Crippen LogP contribution is -2.49. The van der Waals surface area contributed by atoms with Crippen LogP contribution in [0, 0.1) is 6.92 Å². The van der Waals surface area contributed by atoms with Gasteiger partial charge >= 0.3 is 0 Å². The molecule has 23 heavy (non-hydrogen) atoms. The molecule has 2 rings (SSSR count). The summed E-state index contributed by atoms with van der Waals surface area (Å²) in [5.41, 5.74) is 0. The molecule has 0 aromatic carbocycles. The van der Waals surface area contributed by atoms with Gasteiger partial charge in [0.2, 0.25) is 15.9 Å². The molecule has 1 aromatic heterocycles. The van der Waals surface area contributed by atoms with Crippen LogP contribution in [0.4, 0.5) is 5.82 Å². The summed E-state index contributed by atoms with van der Waals surface area (Å²) in [6, 6.07) is 1.66. The second-order valence-electron chi connectivity index (χ2n) is 5.68. The van der Waals surface area contributed by atoms with E-state index in [-0.39, 0.29) is 11.7 Å². The largest absolute Gasteiger partial charge is 0.360 e. The first kappa shape index (κ1) is 17.9. The lowest BCUT2D eigenvalue weighted by atomic mass is 10.3. The van der Waals surface area contributed by atoms with Crippen molar-refractivity contribution in [1.82, 2.24) is 14.4 Å². The van der Waals surface area contributed by atoms with Crippen LogP contribution in [-0.2, 0) is 14.8 Å². The number of sulfonamides is 1. The van der Waals surface area contributed by atoms with E-state index in [0.717, 1.165) is 0 Å². The fraction of sp³-hybridized carbons (Fsp3) is 0.714. The van der Waals surface area contributed by atoms with Crippen LogP contribution in [-0.4, -0.2) is 67.2 Å². The van der Waals surface area contributed by atoms with E-state index in [9.17, 15) is 13.2 Å². The predicted molar refractivity (Wildman–Crippen MR) is 86.6 cm³/mol. The maximum Gasteiger partial charge on any atom is 0.226 e. The quantitative estimate of drug-likeness (QED) is 0.781. The Labute approximate surface area is 136 Å². The molecule has 1 amide bonds. The number of piperazine rings is 1. The second-order valence-corrected chi connectivity index (χ2v) is 7.77. The summed E-state index contributed by atoms with van der Waals surface area (Å²) in [6.07, 6.45) is 0.970. The lowest BCUT2D eigenvalue weighted by Gasteiger charge is -2.33. The van der Waals surface area contributed by atoms with E-state index < -0.39 is 10.0 Å². The Balaban J connectivity index is 1.71. The number of nitrogens with zero attached hydrogens (tertiary/aromatic N) is 3. The molecule has 0 radical (unpaired) electrons. The van der Waals surface area contributed by atoms with Crippen molar-refractivity contribution in [2.24, 2.45) is 0 Å². The van der Waals surface area contributed by atoms with E-state index in [1.165, 1.54) is 0 Å². The van der Waals surface area contributed by atoms with Crippen LogP contribution < -0.4 is 5.32 Å². The first-order valence-electron chi connectivity index (χ1n) is 7.84. The Morgan fingerprint density at radius 1 is 1.35 bits per heavy atom. The minimum absolute atomic E-state index is 0.126. The normalized spacial score (nSPS) is 17.3. The van der Waals surface area contributed by atoms with Gasteiger partial charge in [0.25, 0.3) is 0 Å². The fourth-order valence-electron chi connectivity index (χ4n) is 2.51. The molecule has 0 unspecified atom stereocenters. The molecular weight excluding hydrogens is 320 g/mol. The van der Waals surface area contributed by atoms with Crippen molar-refractivity contribution >= 4 is 21.7 Å². The van der Waals surface area contributed by atoms with E-state index >= 15 is 0 Å². The Hall–Kier alpha value is -1.45. The van der Waals surface area contributed by atoms with E-state index in [2.05, 4.69) is 15.4 Å². The zero-order valence-corrected chi connectivity index (χ0v) is 14.4. The molecule has 130 valence electrons. The van der Waals surface area contributed by atoms with Gasteiger partial charge in [0.15, 0.2) is 5.82 Å². The molecule has 1 aliphatic rings. The number of hydrogen-bond acceptors (Lipinski definition) is 6. The zero-order chi connectivity index (χ0) is 16.9. The SMILES string of the molecule is CCCS(=O)(=O)N1CCN(CCC(=O)Nc2cc(C)on2)CC1. The standard InChI is InChI=1S/C14H24N4O4S/c1-3-10-23(20,21)18-8-6-17(7-9-18)5-4-14(19)15-13-11-12(2)22-16-13/h11H,3-10H2,1-2H3,(H,15,16,19). The van der Waals surface area contributed by atoms with Gasteiger partial charge in [-0.05, 0) is 13.3 Å². The highest BCUT2D eigenvalue weighted by atomic mass is 32.2. The molecule has 2 heterocycles. The summed E-state index contributed by atoms with van der Waals surface area (Å²) in [5, 5.41) is 6.39. The van der Waals surface area contributed by atoms with Crippen molar-refractivity contribution in [3.8, 4) is 0 Å². The van der Waals surface area contributed by atoms with Gasteiger partial charge in [0.1, 0.15) is 5.76 Å². The number of carbonyl (C=O) groups is 1. The molecule has 9 heteroatoms. The monoisotopic (exact) mass is 344 g/mol. The van der Waals surface area contributed by atoms with E-state index in [4.69, 9.17) is 4.52 Å². The molecule has 0 spiro atoms. The van der Waals surface area contributed by atoms with Crippen LogP contribution in [0.2, 0.25) is 0 Å². The topological polar surface area (TPSA) is 95.8 Å². The summed E-state index contributed by atoms with van der Waals surface area (Å²) in [7, 11) is -3.12. The molecule has 1 aliphatic heterocycles. The molecule has 1 saturated heterocycles. The lowest BCUT2D eigenvalue weighted by molar-refractivity contribution is -0.116. The third kappa shape index (κ3) is 5.29. The maximum absolute atomic E-state index is 12.0. The number of anilines is 1. The van der Waals surface area contributed by atoms with Gasteiger partial charge in [-0.3, -0.25) is 4.79 Å². The third-order valence-corrected chi connectivity index (χ3v) is 5.81. The number of carbonyl (C=O) groups excluding carboxylic acids is 1. The Kier molecular flexibility index (Phi) is 6.14. The second kappa shape index (κ2) is 7.89. The molecule has 1 fully saturated rings. The Bertz CT molecular complexity index is 620. The molecular formula is C14H24N4O4S. The first-order chi connectivity index (χ1) is 10.9. The summed E-state index contributed by atoms with van der Waals surface area (Å²) in [6.45, 7) is 6.51. The van der Waals surface area contributed by atoms with Gasteiger partial charge in [-0.2, -0.15) is 4.31 Å². The number of hydrogen-bond donors (Lipinski definition) is 1. The molecule has 1 aromatic rings. The van der Waals surface area contributed by atoms with Gasteiger partial charge in [-0.1, -0.05) is 12.1 Å². The summed E-state index contributed by atoms with van der Waals surface area (Å²) >= 11 is 0.